The Hall–Kier alpha value is -1.10. The summed E-state index contributed by atoms with van der Waals surface area (Å²) in [6.07, 6.45) is 4.96. The predicted molar refractivity (Wildman–Crippen MR) is 65.0 cm³/mol. The molecule has 0 amide bonds. The molecule has 1 N–H and O–H groups in total. The van der Waals surface area contributed by atoms with E-state index in [1.54, 1.807) is 7.11 Å². The lowest BCUT2D eigenvalue weighted by Gasteiger charge is -2.23. The largest absolute Gasteiger partial charge is 0.383 e. The highest BCUT2D eigenvalue weighted by molar-refractivity contribution is 5.19. The summed E-state index contributed by atoms with van der Waals surface area (Å²) in [4.78, 5) is 4.40. The Morgan fingerprint density at radius 2 is 2.35 bits per heavy atom. The van der Waals surface area contributed by atoms with Crippen molar-refractivity contribution < 1.29 is 9.26 Å². The summed E-state index contributed by atoms with van der Waals surface area (Å²) in [5.74, 6) is 2.11. The topological polar surface area (TPSA) is 60.2 Å². The molecule has 5 heteroatoms. The summed E-state index contributed by atoms with van der Waals surface area (Å²) in [6, 6.07) is 0.510. The van der Waals surface area contributed by atoms with Crippen LogP contribution in [-0.2, 0) is 4.74 Å². The summed E-state index contributed by atoms with van der Waals surface area (Å²) < 4.78 is 10.1. The molecular weight excluding hydrogens is 218 g/mol. The van der Waals surface area contributed by atoms with Crippen LogP contribution in [0.25, 0.3) is 0 Å². The molecule has 1 fully saturated rings. The van der Waals surface area contributed by atoms with Gasteiger partial charge in [0, 0.05) is 19.6 Å². The molecule has 0 radical (unpaired) electrons. The highest BCUT2D eigenvalue weighted by Crippen LogP contribution is 2.34. The van der Waals surface area contributed by atoms with Crippen molar-refractivity contribution in [2.24, 2.45) is 5.92 Å². The molecule has 0 aliphatic heterocycles. The van der Waals surface area contributed by atoms with Crippen molar-refractivity contribution >= 4 is 6.01 Å². The normalized spacial score (nSPS) is 24.8. The molecule has 2 rings (SSSR count). The van der Waals surface area contributed by atoms with Crippen molar-refractivity contribution in [3.63, 3.8) is 0 Å². The van der Waals surface area contributed by atoms with Crippen LogP contribution in [-0.4, -0.2) is 30.4 Å². The highest BCUT2D eigenvalue weighted by atomic mass is 16.5. The molecule has 0 saturated heterocycles. The number of nitrogens with zero attached hydrogens (tertiary/aromatic N) is 2. The summed E-state index contributed by atoms with van der Waals surface area (Å²) in [6.45, 7) is 3.63. The van der Waals surface area contributed by atoms with Crippen LogP contribution in [0.15, 0.2) is 4.52 Å². The zero-order valence-corrected chi connectivity index (χ0v) is 10.6. The van der Waals surface area contributed by atoms with Gasteiger partial charge in [0.15, 0.2) is 5.82 Å². The summed E-state index contributed by atoms with van der Waals surface area (Å²) in [5.41, 5.74) is 0. The highest BCUT2D eigenvalue weighted by Gasteiger charge is 2.24. The SMILES string of the molecule is COCCNc1nc(C2CCCC(C)C2)no1. The van der Waals surface area contributed by atoms with Crippen LogP contribution in [0.1, 0.15) is 44.3 Å². The summed E-state index contributed by atoms with van der Waals surface area (Å²) in [7, 11) is 1.67. The van der Waals surface area contributed by atoms with Gasteiger partial charge in [-0.2, -0.15) is 4.98 Å². The van der Waals surface area contributed by atoms with Crippen molar-refractivity contribution in [2.75, 3.05) is 25.6 Å². The molecule has 96 valence electrons. The molecule has 0 aromatic carbocycles. The summed E-state index contributed by atoms with van der Waals surface area (Å²) >= 11 is 0. The minimum atomic E-state index is 0.473. The van der Waals surface area contributed by atoms with E-state index in [1.165, 1.54) is 25.7 Å². The van der Waals surface area contributed by atoms with E-state index >= 15 is 0 Å². The van der Waals surface area contributed by atoms with E-state index in [0.717, 1.165) is 11.7 Å². The third-order valence-electron chi connectivity index (χ3n) is 3.33. The first kappa shape index (κ1) is 12.4. The maximum atomic E-state index is 5.17. The van der Waals surface area contributed by atoms with Gasteiger partial charge in [-0.1, -0.05) is 24.9 Å². The number of anilines is 1. The van der Waals surface area contributed by atoms with Crippen LogP contribution in [0.5, 0.6) is 0 Å². The molecule has 1 saturated carbocycles. The van der Waals surface area contributed by atoms with E-state index < -0.39 is 0 Å². The average molecular weight is 239 g/mol. The lowest BCUT2D eigenvalue weighted by Crippen LogP contribution is -2.13. The maximum absolute atomic E-state index is 5.17. The molecule has 1 aliphatic carbocycles. The molecule has 1 heterocycles. The molecule has 1 aromatic heterocycles. The van der Waals surface area contributed by atoms with Crippen molar-refractivity contribution in [1.82, 2.24) is 10.1 Å². The van der Waals surface area contributed by atoms with Gasteiger partial charge in [-0.15, -0.1) is 0 Å². The molecular formula is C12H21N3O2. The van der Waals surface area contributed by atoms with Crippen LogP contribution in [0, 0.1) is 5.92 Å². The molecule has 0 spiro atoms. The Bertz CT molecular complexity index is 340. The van der Waals surface area contributed by atoms with Crippen molar-refractivity contribution in [1.29, 1.82) is 0 Å². The summed E-state index contributed by atoms with van der Waals surface area (Å²) in [5, 5.41) is 7.11. The van der Waals surface area contributed by atoms with Crippen LogP contribution >= 0.6 is 0 Å². The molecule has 2 atom stereocenters. The van der Waals surface area contributed by atoms with Crippen molar-refractivity contribution in [2.45, 2.75) is 38.5 Å². The first-order valence-corrected chi connectivity index (χ1v) is 6.36. The van der Waals surface area contributed by atoms with E-state index in [0.29, 0.717) is 25.1 Å². The van der Waals surface area contributed by atoms with Crippen LogP contribution < -0.4 is 5.32 Å². The van der Waals surface area contributed by atoms with Gasteiger partial charge in [-0.05, 0) is 18.8 Å². The Balaban J connectivity index is 1.88. The number of nitrogens with one attached hydrogen (secondary N) is 1. The van der Waals surface area contributed by atoms with Gasteiger partial charge in [0.25, 0.3) is 0 Å². The third-order valence-corrected chi connectivity index (χ3v) is 3.33. The fourth-order valence-corrected chi connectivity index (χ4v) is 2.40. The first-order chi connectivity index (χ1) is 8.29. The maximum Gasteiger partial charge on any atom is 0.321 e. The Kier molecular flexibility index (Phi) is 4.36. The van der Waals surface area contributed by atoms with Crippen LogP contribution in [0.3, 0.4) is 0 Å². The molecule has 0 bridgehead atoms. The van der Waals surface area contributed by atoms with Gasteiger partial charge in [0.05, 0.1) is 6.61 Å². The van der Waals surface area contributed by atoms with Crippen molar-refractivity contribution in [3.05, 3.63) is 5.82 Å². The van der Waals surface area contributed by atoms with Crippen LogP contribution in [0.2, 0.25) is 0 Å². The smallest absolute Gasteiger partial charge is 0.321 e. The quantitative estimate of drug-likeness (QED) is 0.800. The molecule has 1 aromatic rings. The van der Waals surface area contributed by atoms with Gasteiger partial charge < -0.3 is 14.6 Å². The predicted octanol–water partition coefficient (Wildman–Crippen LogP) is 2.42. The number of methoxy groups -OCH3 is 1. The Morgan fingerprint density at radius 1 is 1.47 bits per heavy atom. The van der Waals surface area contributed by atoms with Gasteiger partial charge in [-0.25, -0.2) is 0 Å². The lowest BCUT2D eigenvalue weighted by molar-refractivity contribution is 0.210. The van der Waals surface area contributed by atoms with Gasteiger partial charge in [0.2, 0.25) is 0 Å². The zero-order chi connectivity index (χ0) is 12.1. The van der Waals surface area contributed by atoms with E-state index in [4.69, 9.17) is 9.26 Å². The second-order valence-electron chi connectivity index (χ2n) is 4.85. The Labute approximate surface area is 102 Å². The van der Waals surface area contributed by atoms with E-state index in [1.807, 2.05) is 0 Å². The van der Waals surface area contributed by atoms with E-state index in [-0.39, 0.29) is 0 Å². The van der Waals surface area contributed by atoms with Gasteiger partial charge in [-0.3, -0.25) is 0 Å². The molecule has 2 unspecified atom stereocenters. The zero-order valence-electron chi connectivity index (χ0n) is 10.6. The number of ether oxygens (including phenoxy) is 1. The fraction of sp³-hybridized carbons (Fsp3) is 0.833. The van der Waals surface area contributed by atoms with Gasteiger partial charge >= 0.3 is 6.01 Å². The van der Waals surface area contributed by atoms with E-state index in [9.17, 15) is 0 Å². The standard InChI is InChI=1S/C12H21N3O2/c1-9-4-3-5-10(8-9)11-14-12(17-15-11)13-6-7-16-2/h9-10H,3-8H2,1-2H3,(H,13,14,15). The number of hydrogen-bond donors (Lipinski definition) is 1. The fourth-order valence-electron chi connectivity index (χ4n) is 2.40. The second kappa shape index (κ2) is 6.00. The second-order valence-corrected chi connectivity index (χ2v) is 4.85. The minimum absolute atomic E-state index is 0.473. The minimum Gasteiger partial charge on any atom is -0.383 e. The molecule has 17 heavy (non-hydrogen) atoms. The number of rotatable bonds is 5. The number of hydrogen-bond acceptors (Lipinski definition) is 5. The first-order valence-electron chi connectivity index (χ1n) is 6.36. The van der Waals surface area contributed by atoms with Gasteiger partial charge in [0.1, 0.15) is 0 Å². The lowest BCUT2D eigenvalue weighted by atomic mass is 9.82. The van der Waals surface area contributed by atoms with E-state index in [2.05, 4.69) is 22.4 Å². The third kappa shape index (κ3) is 3.43. The van der Waals surface area contributed by atoms with Crippen molar-refractivity contribution in [3.8, 4) is 0 Å². The average Bonchev–Trinajstić information content (AvgIpc) is 2.78. The molecule has 5 nitrogen and oxygen atoms in total. The van der Waals surface area contributed by atoms with Crippen LogP contribution in [0.4, 0.5) is 6.01 Å². The Morgan fingerprint density at radius 3 is 3.12 bits per heavy atom. The monoisotopic (exact) mass is 239 g/mol. The number of aromatic nitrogens is 2. The molecule has 1 aliphatic rings.